The summed E-state index contributed by atoms with van der Waals surface area (Å²) < 4.78 is 0. The average molecular weight is 241 g/mol. The minimum absolute atomic E-state index is 0.535. The molecule has 1 unspecified atom stereocenters. The lowest BCUT2D eigenvalue weighted by molar-refractivity contribution is 0.173. The average Bonchev–Trinajstić information content (AvgIpc) is 2.28. The Kier molecular flexibility index (Phi) is 3.78. The fourth-order valence-electron chi connectivity index (χ4n) is 2.23. The summed E-state index contributed by atoms with van der Waals surface area (Å²) in [5, 5.41) is 10.3. The van der Waals surface area contributed by atoms with Crippen LogP contribution in [0.5, 0.6) is 0 Å². The van der Waals surface area contributed by atoms with Gasteiger partial charge in [-0.3, -0.25) is 4.98 Å². The number of aromatic nitrogens is 1. The molecule has 0 spiro atoms. The van der Waals surface area contributed by atoms with Gasteiger partial charge in [0.1, 0.15) is 6.10 Å². The zero-order chi connectivity index (χ0) is 13.1. The summed E-state index contributed by atoms with van der Waals surface area (Å²) in [6.45, 7) is 6.07. The van der Waals surface area contributed by atoms with Crippen molar-refractivity contribution in [3.05, 3.63) is 64.5 Å². The lowest BCUT2D eigenvalue weighted by Crippen LogP contribution is -2.06. The van der Waals surface area contributed by atoms with Gasteiger partial charge in [-0.1, -0.05) is 35.9 Å². The number of rotatable bonds is 3. The van der Waals surface area contributed by atoms with Crippen molar-refractivity contribution >= 4 is 0 Å². The van der Waals surface area contributed by atoms with E-state index in [2.05, 4.69) is 30.1 Å². The third-order valence-corrected chi connectivity index (χ3v) is 3.08. The molecular weight excluding hydrogens is 222 g/mol. The fourth-order valence-corrected chi connectivity index (χ4v) is 2.23. The molecule has 1 heterocycles. The lowest BCUT2D eigenvalue weighted by atomic mass is 10.0. The molecule has 2 rings (SSSR count). The van der Waals surface area contributed by atoms with E-state index in [0.717, 1.165) is 22.4 Å². The van der Waals surface area contributed by atoms with Crippen LogP contribution >= 0.6 is 0 Å². The van der Waals surface area contributed by atoms with Gasteiger partial charge in [-0.15, -0.1) is 0 Å². The zero-order valence-corrected chi connectivity index (χ0v) is 11.1. The van der Waals surface area contributed by atoms with Gasteiger partial charge < -0.3 is 5.11 Å². The van der Waals surface area contributed by atoms with E-state index in [1.165, 1.54) is 5.56 Å². The first-order valence-electron chi connectivity index (χ1n) is 6.23. The molecule has 0 amide bonds. The van der Waals surface area contributed by atoms with Gasteiger partial charge in [-0.2, -0.15) is 0 Å². The molecule has 0 radical (unpaired) electrons. The highest BCUT2D eigenvalue weighted by Crippen LogP contribution is 2.20. The van der Waals surface area contributed by atoms with Gasteiger partial charge in [-0.05, 0) is 37.5 Å². The Morgan fingerprint density at radius 2 is 1.89 bits per heavy atom. The van der Waals surface area contributed by atoms with Crippen molar-refractivity contribution < 1.29 is 5.11 Å². The third kappa shape index (κ3) is 2.96. The summed E-state index contributed by atoms with van der Waals surface area (Å²) in [6.07, 6.45) is 1.88. The number of nitrogens with zero attached hydrogens (tertiary/aromatic N) is 1. The highest BCUT2D eigenvalue weighted by Gasteiger charge is 2.12. The number of hydrogen-bond donors (Lipinski definition) is 1. The second kappa shape index (κ2) is 5.32. The van der Waals surface area contributed by atoms with Crippen LogP contribution in [0.4, 0.5) is 0 Å². The van der Waals surface area contributed by atoms with Crippen molar-refractivity contribution in [1.29, 1.82) is 0 Å². The predicted molar refractivity (Wildman–Crippen MR) is 73.6 cm³/mol. The Labute approximate surface area is 108 Å². The number of aliphatic hydroxyl groups is 1. The van der Waals surface area contributed by atoms with Crippen molar-refractivity contribution in [1.82, 2.24) is 4.98 Å². The monoisotopic (exact) mass is 241 g/mol. The summed E-state index contributed by atoms with van der Waals surface area (Å²) in [5.74, 6) is 0. The Balaban J connectivity index is 2.19. The van der Waals surface area contributed by atoms with Gasteiger partial charge >= 0.3 is 0 Å². The molecule has 0 bridgehead atoms. The number of hydrogen-bond acceptors (Lipinski definition) is 2. The third-order valence-electron chi connectivity index (χ3n) is 3.08. The van der Waals surface area contributed by atoms with Gasteiger partial charge in [-0.25, -0.2) is 0 Å². The van der Waals surface area contributed by atoms with Crippen LogP contribution in [0.1, 0.15) is 34.1 Å². The van der Waals surface area contributed by atoms with Gasteiger partial charge in [0.25, 0.3) is 0 Å². The van der Waals surface area contributed by atoms with Crippen molar-refractivity contribution in [3.8, 4) is 0 Å². The van der Waals surface area contributed by atoms with E-state index in [9.17, 15) is 5.11 Å². The zero-order valence-electron chi connectivity index (χ0n) is 11.1. The SMILES string of the molecule is Cc1cccc(CC(O)c2ncc(C)cc2C)c1. The van der Waals surface area contributed by atoms with Crippen LogP contribution in [0, 0.1) is 20.8 Å². The lowest BCUT2D eigenvalue weighted by Gasteiger charge is -2.13. The summed E-state index contributed by atoms with van der Waals surface area (Å²) >= 11 is 0. The fraction of sp³-hybridized carbons (Fsp3) is 0.312. The summed E-state index contributed by atoms with van der Waals surface area (Å²) in [6, 6.07) is 10.3. The van der Waals surface area contributed by atoms with Crippen molar-refractivity contribution in [3.63, 3.8) is 0 Å². The predicted octanol–water partition coefficient (Wildman–Crippen LogP) is 3.28. The number of aliphatic hydroxyl groups excluding tert-OH is 1. The standard InChI is InChI=1S/C16H19NO/c1-11-5-4-6-14(8-11)9-15(18)16-13(3)7-12(2)10-17-16/h4-8,10,15,18H,9H2,1-3H3. The first kappa shape index (κ1) is 12.8. The van der Waals surface area contributed by atoms with Crippen LogP contribution < -0.4 is 0 Å². The number of pyridine rings is 1. The number of aryl methyl sites for hydroxylation is 3. The van der Waals surface area contributed by atoms with E-state index in [4.69, 9.17) is 0 Å². The molecule has 2 heteroatoms. The highest BCUT2D eigenvalue weighted by molar-refractivity contribution is 5.28. The molecule has 0 aliphatic heterocycles. The van der Waals surface area contributed by atoms with E-state index in [1.807, 2.05) is 32.2 Å². The summed E-state index contributed by atoms with van der Waals surface area (Å²) in [4.78, 5) is 4.35. The molecule has 0 saturated heterocycles. The molecule has 2 nitrogen and oxygen atoms in total. The minimum atomic E-state index is -0.535. The minimum Gasteiger partial charge on any atom is -0.386 e. The normalized spacial score (nSPS) is 12.4. The quantitative estimate of drug-likeness (QED) is 0.894. The van der Waals surface area contributed by atoms with E-state index in [1.54, 1.807) is 0 Å². The van der Waals surface area contributed by atoms with Gasteiger partial charge in [0.15, 0.2) is 0 Å². The van der Waals surface area contributed by atoms with Crippen LogP contribution in [0.15, 0.2) is 36.5 Å². The largest absolute Gasteiger partial charge is 0.386 e. The molecule has 94 valence electrons. The van der Waals surface area contributed by atoms with Crippen LogP contribution in [-0.2, 0) is 6.42 Å². The molecule has 1 atom stereocenters. The summed E-state index contributed by atoms with van der Waals surface area (Å²) in [5.41, 5.74) is 5.31. The molecule has 1 N–H and O–H groups in total. The Bertz CT molecular complexity index is 549. The maximum absolute atomic E-state index is 10.3. The van der Waals surface area contributed by atoms with Crippen LogP contribution in [0.2, 0.25) is 0 Å². The molecule has 1 aromatic heterocycles. The van der Waals surface area contributed by atoms with Crippen molar-refractivity contribution in [2.24, 2.45) is 0 Å². The van der Waals surface area contributed by atoms with Crippen LogP contribution in [0.3, 0.4) is 0 Å². The van der Waals surface area contributed by atoms with Crippen LogP contribution in [-0.4, -0.2) is 10.1 Å². The van der Waals surface area contributed by atoms with E-state index >= 15 is 0 Å². The smallest absolute Gasteiger partial charge is 0.100 e. The van der Waals surface area contributed by atoms with Gasteiger partial charge in [0, 0.05) is 12.6 Å². The molecule has 0 fully saturated rings. The molecule has 2 aromatic rings. The molecular formula is C16H19NO. The summed E-state index contributed by atoms with van der Waals surface area (Å²) in [7, 11) is 0. The highest BCUT2D eigenvalue weighted by atomic mass is 16.3. The van der Waals surface area contributed by atoms with E-state index in [0.29, 0.717) is 6.42 Å². The number of benzene rings is 1. The van der Waals surface area contributed by atoms with Crippen molar-refractivity contribution in [2.75, 3.05) is 0 Å². The Morgan fingerprint density at radius 1 is 1.11 bits per heavy atom. The first-order chi connectivity index (χ1) is 8.56. The molecule has 0 saturated carbocycles. The molecule has 1 aromatic carbocycles. The second-order valence-electron chi connectivity index (χ2n) is 4.92. The molecule has 0 aliphatic carbocycles. The molecule has 0 aliphatic rings. The Hall–Kier alpha value is -1.67. The van der Waals surface area contributed by atoms with E-state index < -0.39 is 6.10 Å². The van der Waals surface area contributed by atoms with Gasteiger partial charge in [0.2, 0.25) is 0 Å². The van der Waals surface area contributed by atoms with E-state index in [-0.39, 0.29) is 0 Å². The van der Waals surface area contributed by atoms with Gasteiger partial charge in [0.05, 0.1) is 5.69 Å². The second-order valence-corrected chi connectivity index (χ2v) is 4.92. The maximum atomic E-state index is 10.3. The maximum Gasteiger partial charge on any atom is 0.100 e. The topological polar surface area (TPSA) is 33.1 Å². The van der Waals surface area contributed by atoms with Crippen molar-refractivity contribution in [2.45, 2.75) is 33.3 Å². The first-order valence-corrected chi connectivity index (χ1v) is 6.23. The van der Waals surface area contributed by atoms with Crippen LogP contribution in [0.25, 0.3) is 0 Å². The Morgan fingerprint density at radius 3 is 2.56 bits per heavy atom. The molecule has 18 heavy (non-hydrogen) atoms.